The molecule has 23 heavy (non-hydrogen) atoms. The van der Waals surface area contributed by atoms with Gasteiger partial charge in [0.1, 0.15) is 0 Å². The SMILES string of the molecule is Cc1[nH]c2ccccc2c1CCNC(=O)c1ccc(CO)cc1. The molecule has 0 aliphatic carbocycles. The lowest BCUT2D eigenvalue weighted by atomic mass is 10.1. The molecule has 1 heterocycles. The number of benzene rings is 2. The van der Waals surface area contributed by atoms with Crippen LogP contribution in [0.2, 0.25) is 0 Å². The first kappa shape index (κ1) is 15.3. The van der Waals surface area contributed by atoms with Crippen LogP contribution >= 0.6 is 0 Å². The predicted molar refractivity (Wildman–Crippen MR) is 91.4 cm³/mol. The maximum atomic E-state index is 12.1. The number of H-pyrrole nitrogens is 1. The predicted octanol–water partition coefficient (Wildman–Crippen LogP) is 2.94. The molecule has 0 radical (unpaired) electrons. The van der Waals surface area contributed by atoms with Crippen LogP contribution in [0.15, 0.2) is 48.5 Å². The summed E-state index contributed by atoms with van der Waals surface area (Å²) in [5, 5.41) is 13.2. The van der Waals surface area contributed by atoms with Gasteiger partial charge in [0.2, 0.25) is 0 Å². The second kappa shape index (κ2) is 6.67. The van der Waals surface area contributed by atoms with E-state index in [0.717, 1.165) is 23.2 Å². The van der Waals surface area contributed by atoms with Crippen LogP contribution in [0.25, 0.3) is 10.9 Å². The highest BCUT2D eigenvalue weighted by Crippen LogP contribution is 2.21. The lowest BCUT2D eigenvalue weighted by Gasteiger charge is -2.06. The van der Waals surface area contributed by atoms with Gasteiger partial charge in [0.05, 0.1) is 6.61 Å². The van der Waals surface area contributed by atoms with Crippen LogP contribution in [0.4, 0.5) is 0 Å². The topological polar surface area (TPSA) is 65.1 Å². The summed E-state index contributed by atoms with van der Waals surface area (Å²) < 4.78 is 0. The van der Waals surface area contributed by atoms with E-state index in [1.54, 1.807) is 24.3 Å². The van der Waals surface area contributed by atoms with E-state index in [2.05, 4.69) is 29.4 Å². The van der Waals surface area contributed by atoms with Crippen molar-refractivity contribution >= 4 is 16.8 Å². The summed E-state index contributed by atoms with van der Waals surface area (Å²) in [5.41, 5.74) is 4.93. The molecule has 0 spiro atoms. The number of para-hydroxylation sites is 1. The first-order valence-corrected chi connectivity index (χ1v) is 7.73. The van der Waals surface area contributed by atoms with Crippen LogP contribution in [0.5, 0.6) is 0 Å². The fourth-order valence-electron chi connectivity index (χ4n) is 2.82. The number of aromatic nitrogens is 1. The average molecular weight is 308 g/mol. The Bertz CT molecular complexity index is 819. The van der Waals surface area contributed by atoms with Gasteiger partial charge in [-0.25, -0.2) is 0 Å². The van der Waals surface area contributed by atoms with Gasteiger partial charge >= 0.3 is 0 Å². The molecule has 0 aliphatic heterocycles. The zero-order valence-corrected chi connectivity index (χ0v) is 13.1. The van der Waals surface area contributed by atoms with Crippen molar-refractivity contribution in [3.63, 3.8) is 0 Å². The first-order chi connectivity index (χ1) is 11.2. The van der Waals surface area contributed by atoms with Gasteiger partial charge in [-0.1, -0.05) is 30.3 Å². The molecule has 4 heteroatoms. The Morgan fingerprint density at radius 2 is 1.87 bits per heavy atom. The lowest BCUT2D eigenvalue weighted by molar-refractivity contribution is 0.0954. The number of aromatic amines is 1. The summed E-state index contributed by atoms with van der Waals surface area (Å²) in [6, 6.07) is 15.2. The van der Waals surface area contributed by atoms with Gasteiger partial charge in [-0.2, -0.15) is 0 Å². The molecule has 0 fully saturated rings. The second-order valence-electron chi connectivity index (χ2n) is 5.64. The highest BCUT2D eigenvalue weighted by molar-refractivity contribution is 5.94. The molecule has 2 aromatic carbocycles. The molecular weight excluding hydrogens is 288 g/mol. The molecule has 3 aromatic rings. The van der Waals surface area contributed by atoms with E-state index in [1.807, 2.05) is 12.1 Å². The highest BCUT2D eigenvalue weighted by atomic mass is 16.3. The monoisotopic (exact) mass is 308 g/mol. The van der Waals surface area contributed by atoms with Crippen LogP contribution in [-0.4, -0.2) is 22.5 Å². The number of carbonyl (C=O) groups is 1. The number of aliphatic hydroxyl groups is 1. The van der Waals surface area contributed by atoms with E-state index in [9.17, 15) is 4.79 Å². The van der Waals surface area contributed by atoms with Crippen molar-refractivity contribution in [1.29, 1.82) is 0 Å². The number of fused-ring (bicyclic) bond motifs is 1. The third-order valence-corrected chi connectivity index (χ3v) is 4.09. The molecular formula is C19H20N2O2. The normalized spacial score (nSPS) is 10.9. The molecule has 0 bridgehead atoms. The van der Waals surface area contributed by atoms with Crippen LogP contribution in [0.3, 0.4) is 0 Å². The van der Waals surface area contributed by atoms with Gasteiger partial charge in [0.15, 0.2) is 0 Å². The zero-order chi connectivity index (χ0) is 16.2. The summed E-state index contributed by atoms with van der Waals surface area (Å²) in [6.07, 6.45) is 0.788. The van der Waals surface area contributed by atoms with Crippen molar-refractivity contribution in [2.24, 2.45) is 0 Å². The minimum Gasteiger partial charge on any atom is -0.392 e. The zero-order valence-electron chi connectivity index (χ0n) is 13.1. The van der Waals surface area contributed by atoms with Crippen molar-refractivity contribution in [2.45, 2.75) is 20.0 Å². The van der Waals surface area contributed by atoms with Gasteiger partial charge in [0, 0.05) is 28.7 Å². The Hall–Kier alpha value is -2.59. The number of aryl methyl sites for hydroxylation is 1. The Labute approximate surface area is 135 Å². The number of hydrogen-bond acceptors (Lipinski definition) is 2. The molecule has 3 rings (SSSR count). The second-order valence-corrected chi connectivity index (χ2v) is 5.64. The quantitative estimate of drug-likeness (QED) is 0.678. The van der Waals surface area contributed by atoms with E-state index in [1.165, 1.54) is 10.9 Å². The molecule has 0 saturated heterocycles. The Kier molecular flexibility index (Phi) is 4.44. The fourth-order valence-corrected chi connectivity index (χ4v) is 2.82. The van der Waals surface area contributed by atoms with E-state index in [4.69, 9.17) is 5.11 Å². The van der Waals surface area contributed by atoms with E-state index < -0.39 is 0 Å². The highest BCUT2D eigenvalue weighted by Gasteiger charge is 2.09. The number of hydrogen-bond donors (Lipinski definition) is 3. The first-order valence-electron chi connectivity index (χ1n) is 7.73. The molecule has 1 aromatic heterocycles. The smallest absolute Gasteiger partial charge is 0.251 e. The van der Waals surface area contributed by atoms with Crippen LogP contribution < -0.4 is 5.32 Å². The van der Waals surface area contributed by atoms with Crippen LogP contribution in [0.1, 0.15) is 27.2 Å². The van der Waals surface area contributed by atoms with Gasteiger partial charge in [0.25, 0.3) is 5.91 Å². The van der Waals surface area contributed by atoms with Crippen molar-refractivity contribution in [2.75, 3.05) is 6.54 Å². The standard InChI is InChI=1S/C19H20N2O2/c1-13-16(17-4-2-3-5-18(17)21-13)10-11-20-19(23)15-8-6-14(12-22)7-9-15/h2-9,21-22H,10-12H2,1H3,(H,20,23). The minimum absolute atomic E-state index is 0.0122. The van der Waals surface area contributed by atoms with Gasteiger partial charge in [-0.15, -0.1) is 0 Å². The molecule has 1 amide bonds. The number of carbonyl (C=O) groups excluding carboxylic acids is 1. The van der Waals surface area contributed by atoms with E-state index in [-0.39, 0.29) is 12.5 Å². The van der Waals surface area contributed by atoms with Crippen molar-refractivity contribution < 1.29 is 9.90 Å². The third kappa shape index (κ3) is 3.27. The molecule has 0 atom stereocenters. The number of nitrogens with one attached hydrogen (secondary N) is 2. The number of amides is 1. The molecule has 4 nitrogen and oxygen atoms in total. The summed E-state index contributed by atoms with van der Waals surface area (Å²) in [6.45, 7) is 2.63. The summed E-state index contributed by atoms with van der Waals surface area (Å²) in [7, 11) is 0. The summed E-state index contributed by atoms with van der Waals surface area (Å²) in [5.74, 6) is -0.0908. The Morgan fingerprint density at radius 3 is 2.61 bits per heavy atom. The Morgan fingerprint density at radius 1 is 1.13 bits per heavy atom. The molecule has 3 N–H and O–H groups in total. The van der Waals surface area contributed by atoms with Crippen molar-refractivity contribution in [3.05, 3.63) is 70.9 Å². The fraction of sp³-hybridized carbons (Fsp3) is 0.211. The van der Waals surface area contributed by atoms with Crippen molar-refractivity contribution in [1.82, 2.24) is 10.3 Å². The lowest BCUT2D eigenvalue weighted by Crippen LogP contribution is -2.25. The average Bonchev–Trinajstić information content (AvgIpc) is 2.90. The minimum atomic E-state index is -0.0908. The summed E-state index contributed by atoms with van der Waals surface area (Å²) >= 11 is 0. The number of aliphatic hydroxyl groups excluding tert-OH is 1. The molecule has 118 valence electrons. The van der Waals surface area contributed by atoms with Crippen molar-refractivity contribution in [3.8, 4) is 0 Å². The molecule has 0 unspecified atom stereocenters. The molecule has 0 aliphatic rings. The van der Waals surface area contributed by atoms with Crippen LogP contribution in [-0.2, 0) is 13.0 Å². The number of rotatable bonds is 5. The maximum Gasteiger partial charge on any atom is 0.251 e. The van der Waals surface area contributed by atoms with Gasteiger partial charge in [-0.3, -0.25) is 4.79 Å². The van der Waals surface area contributed by atoms with E-state index >= 15 is 0 Å². The third-order valence-electron chi connectivity index (χ3n) is 4.09. The maximum absolute atomic E-state index is 12.1. The van der Waals surface area contributed by atoms with E-state index in [0.29, 0.717) is 12.1 Å². The van der Waals surface area contributed by atoms with Gasteiger partial charge in [-0.05, 0) is 42.7 Å². The van der Waals surface area contributed by atoms with Gasteiger partial charge < -0.3 is 15.4 Å². The largest absolute Gasteiger partial charge is 0.392 e. The Balaban J connectivity index is 1.64. The van der Waals surface area contributed by atoms with Crippen LogP contribution in [0, 0.1) is 6.92 Å². The summed E-state index contributed by atoms with van der Waals surface area (Å²) in [4.78, 5) is 15.5. The molecule has 0 saturated carbocycles.